The molecule has 90 valence electrons. The van der Waals surface area contributed by atoms with Crippen LogP contribution in [0.5, 0.6) is 0 Å². The molecule has 1 aromatic rings. The summed E-state index contributed by atoms with van der Waals surface area (Å²) in [6, 6.07) is 3.69. The fraction of sp³-hybridized carbons (Fsp3) is 0.250. The fourth-order valence-corrected chi connectivity index (χ4v) is 1.35. The normalized spacial score (nSPS) is 12.6. The number of carbonyl (C=O) groups excluding carboxylic acids is 1. The van der Waals surface area contributed by atoms with Crippen LogP contribution in [0.2, 0.25) is 0 Å². The molecule has 0 aromatic carbocycles. The van der Waals surface area contributed by atoms with Crippen LogP contribution < -0.4 is 5.73 Å². The lowest BCUT2D eigenvalue weighted by atomic mass is 10.2. The van der Waals surface area contributed by atoms with Crippen LogP contribution in [0.4, 0.5) is 5.82 Å². The van der Waals surface area contributed by atoms with Gasteiger partial charge in [0.2, 0.25) is 0 Å². The summed E-state index contributed by atoms with van der Waals surface area (Å²) in [7, 11) is 0. The Morgan fingerprint density at radius 2 is 2.12 bits per heavy atom. The number of nitrogens with two attached hydrogens (primary N) is 1. The van der Waals surface area contributed by atoms with Crippen LogP contribution in [0, 0.1) is 13.8 Å². The number of aliphatic imine (C=N–C) groups is 1. The number of aromatic nitrogens is 1. The summed E-state index contributed by atoms with van der Waals surface area (Å²) in [5.41, 5.74) is 6.93. The number of pyridine rings is 1. The van der Waals surface area contributed by atoms with Crippen molar-refractivity contribution >= 4 is 17.9 Å². The smallest absolute Gasteiger partial charge is 0.253 e. The molecule has 1 heterocycles. The zero-order chi connectivity index (χ0) is 13.0. The molecule has 17 heavy (non-hydrogen) atoms. The Hall–Kier alpha value is -2.17. The van der Waals surface area contributed by atoms with Crippen molar-refractivity contribution in [2.45, 2.75) is 20.8 Å². The first-order chi connectivity index (χ1) is 7.90. The van der Waals surface area contributed by atoms with Gasteiger partial charge in [-0.1, -0.05) is 0 Å². The number of primary amides is 1. The predicted molar refractivity (Wildman–Crippen MR) is 66.4 cm³/mol. The summed E-state index contributed by atoms with van der Waals surface area (Å²) in [5, 5.41) is 9.24. The van der Waals surface area contributed by atoms with Crippen LogP contribution in [0.15, 0.2) is 28.5 Å². The molecule has 1 aromatic heterocycles. The lowest BCUT2D eigenvalue weighted by Gasteiger charge is -2.00. The van der Waals surface area contributed by atoms with Gasteiger partial charge in [0.1, 0.15) is 5.76 Å². The zero-order valence-electron chi connectivity index (χ0n) is 10.1. The summed E-state index contributed by atoms with van der Waals surface area (Å²) < 4.78 is 0. The Morgan fingerprint density at radius 1 is 1.47 bits per heavy atom. The van der Waals surface area contributed by atoms with E-state index >= 15 is 0 Å². The van der Waals surface area contributed by atoms with Gasteiger partial charge in [-0.25, -0.2) is 9.98 Å². The maximum atomic E-state index is 11.0. The molecule has 0 spiro atoms. The third-order valence-electron chi connectivity index (χ3n) is 2.07. The zero-order valence-corrected chi connectivity index (χ0v) is 10.1. The van der Waals surface area contributed by atoms with Crippen LogP contribution >= 0.6 is 0 Å². The number of aliphatic hydroxyl groups excluding tert-OH is 1. The first-order valence-corrected chi connectivity index (χ1v) is 5.09. The van der Waals surface area contributed by atoms with Crippen LogP contribution in [-0.4, -0.2) is 22.2 Å². The Labute approximate surface area is 99.7 Å². The van der Waals surface area contributed by atoms with Gasteiger partial charge in [0.05, 0.1) is 5.57 Å². The third kappa shape index (κ3) is 3.71. The van der Waals surface area contributed by atoms with Gasteiger partial charge in [-0.15, -0.1) is 0 Å². The minimum atomic E-state index is -0.724. The minimum absolute atomic E-state index is 0.0223. The number of aryl methyl sites for hydroxylation is 2. The quantitative estimate of drug-likeness (QED) is 0.473. The second-order valence-corrected chi connectivity index (χ2v) is 3.77. The molecule has 0 saturated heterocycles. The average Bonchev–Trinajstić information content (AvgIpc) is 2.14. The van der Waals surface area contributed by atoms with Crippen molar-refractivity contribution in [1.29, 1.82) is 0 Å². The predicted octanol–water partition coefficient (Wildman–Crippen LogP) is 1.72. The number of hydrogen-bond donors (Lipinski definition) is 2. The molecule has 5 heteroatoms. The monoisotopic (exact) mass is 233 g/mol. The summed E-state index contributed by atoms with van der Waals surface area (Å²) in [6.07, 6.45) is 1.22. The summed E-state index contributed by atoms with van der Waals surface area (Å²) in [5.74, 6) is -0.411. The summed E-state index contributed by atoms with van der Waals surface area (Å²) in [6.45, 7) is 5.16. The minimum Gasteiger partial charge on any atom is -0.512 e. The molecule has 0 fully saturated rings. The fourth-order valence-electron chi connectivity index (χ4n) is 1.35. The Morgan fingerprint density at radius 3 is 2.59 bits per heavy atom. The molecular weight excluding hydrogens is 218 g/mol. The van der Waals surface area contributed by atoms with E-state index in [-0.39, 0.29) is 11.3 Å². The van der Waals surface area contributed by atoms with Gasteiger partial charge < -0.3 is 10.8 Å². The van der Waals surface area contributed by atoms with Crippen LogP contribution in [0.25, 0.3) is 0 Å². The van der Waals surface area contributed by atoms with E-state index < -0.39 is 5.91 Å². The van der Waals surface area contributed by atoms with Gasteiger partial charge in [0, 0.05) is 11.9 Å². The van der Waals surface area contributed by atoms with Crippen molar-refractivity contribution < 1.29 is 9.90 Å². The highest BCUT2D eigenvalue weighted by atomic mass is 16.3. The van der Waals surface area contributed by atoms with Gasteiger partial charge in [-0.2, -0.15) is 0 Å². The highest BCUT2D eigenvalue weighted by molar-refractivity contribution is 6.12. The molecule has 1 rings (SSSR count). The molecule has 5 nitrogen and oxygen atoms in total. The van der Waals surface area contributed by atoms with Crippen LogP contribution in [-0.2, 0) is 4.79 Å². The molecule has 0 aliphatic rings. The van der Waals surface area contributed by atoms with E-state index in [1.807, 2.05) is 19.9 Å². The number of carbonyl (C=O) groups is 1. The Balaban J connectivity index is 3.05. The van der Waals surface area contributed by atoms with E-state index in [1.54, 1.807) is 6.07 Å². The molecule has 0 aliphatic carbocycles. The highest BCUT2D eigenvalue weighted by Gasteiger charge is 2.06. The van der Waals surface area contributed by atoms with Crippen LogP contribution in [0.3, 0.4) is 0 Å². The number of nitrogens with zero attached hydrogens (tertiary/aromatic N) is 2. The van der Waals surface area contributed by atoms with E-state index in [0.717, 1.165) is 11.3 Å². The summed E-state index contributed by atoms with van der Waals surface area (Å²) >= 11 is 0. The van der Waals surface area contributed by atoms with Gasteiger partial charge in [-0.05, 0) is 38.5 Å². The average molecular weight is 233 g/mol. The van der Waals surface area contributed by atoms with Crippen molar-refractivity contribution in [3.05, 3.63) is 34.7 Å². The second-order valence-electron chi connectivity index (χ2n) is 3.77. The number of allylic oxidation sites excluding steroid dienone is 1. The molecule has 0 saturated carbocycles. The third-order valence-corrected chi connectivity index (χ3v) is 2.07. The Bertz CT molecular complexity index is 480. The molecule has 0 atom stereocenters. The van der Waals surface area contributed by atoms with Gasteiger partial charge in [-0.3, -0.25) is 4.79 Å². The summed E-state index contributed by atoms with van der Waals surface area (Å²) in [4.78, 5) is 19.2. The number of hydrogen-bond acceptors (Lipinski definition) is 4. The first-order valence-electron chi connectivity index (χ1n) is 5.09. The molecule has 0 bridgehead atoms. The van der Waals surface area contributed by atoms with Gasteiger partial charge in [0.15, 0.2) is 5.82 Å². The van der Waals surface area contributed by atoms with E-state index in [4.69, 9.17) is 5.73 Å². The molecule has 0 aliphatic heterocycles. The maximum absolute atomic E-state index is 11.0. The number of aliphatic hydroxyl groups is 1. The number of rotatable bonds is 3. The maximum Gasteiger partial charge on any atom is 0.253 e. The topological polar surface area (TPSA) is 88.6 Å². The molecular formula is C12H15N3O2. The Kier molecular flexibility index (Phi) is 3.98. The van der Waals surface area contributed by atoms with Gasteiger partial charge in [0.25, 0.3) is 5.91 Å². The standard InChI is InChI=1S/C12H15N3O2/c1-7-4-8(2)15-11(5-7)14-6-10(9(3)16)12(13)17/h4-6,16H,1-3H3,(H2,13,17)/b10-9+,14-6+. The van der Waals surface area contributed by atoms with E-state index in [1.165, 1.54) is 13.1 Å². The molecule has 0 unspecified atom stereocenters. The van der Waals surface area contributed by atoms with Crippen LogP contribution in [0.1, 0.15) is 18.2 Å². The van der Waals surface area contributed by atoms with Crippen molar-refractivity contribution in [1.82, 2.24) is 4.98 Å². The SMILES string of the molecule is C/C(O)=C(/C=N/c1cc(C)cc(C)n1)C(N)=O. The van der Waals surface area contributed by atoms with Gasteiger partial charge >= 0.3 is 0 Å². The molecule has 1 amide bonds. The largest absolute Gasteiger partial charge is 0.512 e. The lowest BCUT2D eigenvalue weighted by Crippen LogP contribution is -2.16. The highest BCUT2D eigenvalue weighted by Crippen LogP contribution is 2.12. The molecule has 0 radical (unpaired) electrons. The van der Waals surface area contributed by atoms with Crippen molar-refractivity contribution in [2.24, 2.45) is 10.7 Å². The van der Waals surface area contributed by atoms with Crippen molar-refractivity contribution in [2.75, 3.05) is 0 Å². The number of amides is 1. The van der Waals surface area contributed by atoms with E-state index in [9.17, 15) is 9.90 Å². The van der Waals surface area contributed by atoms with E-state index in [2.05, 4.69) is 9.98 Å². The second kappa shape index (κ2) is 5.25. The lowest BCUT2D eigenvalue weighted by molar-refractivity contribution is -0.114. The molecule has 3 N–H and O–H groups in total. The first kappa shape index (κ1) is 12.9. The van der Waals surface area contributed by atoms with Crippen molar-refractivity contribution in [3.63, 3.8) is 0 Å². The van der Waals surface area contributed by atoms with E-state index in [0.29, 0.717) is 5.82 Å². The van der Waals surface area contributed by atoms with Crippen molar-refractivity contribution in [3.8, 4) is 0 Å².